The van der Waals surface area contributed by atoms with Crippen LogP contribution in [-0.4, -0.2) is 54.1 Å². The molecule has 1 atom stereocenters. The van der Waals surface area contributed by atoms with Crippen LogP contribution in [0.3, 0.4) is 0 Å². The van der Waals surface area contributed by atoms with E-state index in [-0.39, 0.29) is 35.4 Å². The van der Waals surface area contributed by atoms with Gasteiger partial charge >= 0.3 is 5.97 Å². The van der Waals surface area contributed by atoms with E-state index in [2.05, 4.69) is 15.4 Å². The van der Waals surface area contributed by atoms with Gasteiger partial charge in [-0.3, -0.25) is 19.8 Å². The lowest BCUT2D eigenvalue weighted by atomic mass is 9.88. The number of ether oxygens (including phenoxy) is 1. The quantitative estimate of drug-likeness (QED) is 0.0689. The Bertz CT molecular complexity index is 2130. The molecule has 0 saturated carbocycles. The number of aromatic nitrogens is 1. The fraction of sp³-hybridized carbons (Fsp3) is 0.350. The van der Waals surface area contributed by atoms with E-state index in [9.17, 15) is 27.9 Å². The number of fused-ring (bicyclic) bond motifs is 1. The highest BCUT2D eigenvalue weighted by atomic mass is 32.2. The second kappa shape index (κ2) is 16.1. The number of pyridine rings is 1. The molecular formula is C40H47N5O7S. The Morgan fingerprint density at radius 3 is 2.17 bits per heavy atom. The minimum absolute atomic E-state index is 0.116. The van der Waals surface area contributed by atoms with Gasteiger partial charge in [-0.05, 0) is 106 Å². The van der Waals surface area contributed by atoms with Gasteiger partial charge in [0.15, 0.2) is 0 Å². The zero-order valence-electron chi connectivity index (χ0n) is 30.7. The number of sulfonamides is 1. The van der Waals surface area contributed by atoms with E-state index in [1.807, 2.05) is 81.4 Å². The molecule has 53 heavy (non-hydrogen) atoms. The van der Waals surface area contributed by atoms with E-state index in [1.54, 1.807) is 26.1 Å². The van der Waals surface area contributed by atoms with Gasteiger partial charge in [-0.1, -0.05) is 60.7 Å². The lowest BCUT2D eigenvalue weighted by Gasteiger charge is -2.35. The average Bonchev–Trinajstić information content (AvgIpc) is 3.10. The standard InChI is InChI=1S/C40H47N5O7S/c1-25-26(2)36(27(3)31-20-21-40(4,5)52-35(25)31)53(50,51)44-39(41)42-22-12-18-30(24-33(46)47)43-37(48)32-19-13-23-45(38(32)49)34(28-14-8-6-9-15-28)29-16-10-7-11-17-29/h6-11,13-17,19,23,30,34H,12,18,20-22,24H2,1-5H3,(H,43,48)(H,46,47)(H3,41,42,44)/t30-/m0/s1. The Hall–Kier alpha value is -5.43. The van der Waals surface area contributed by atoms with Crippen LogP contribution in [0.2, 0.25) is 0 Å². The molecular weight excluding hydrogens is 695 g/mol. The number of carbonyl (C=O) groups excluding carboxylic acids is 1. The molecule has 0 bridgehead atoms. The Morgan fingerprint density at radius 2 is 1.57 bits per heavy atom. The molecule has 1 amide bonds. The van der Waals surface area contributed by atoms with Crippen molar-refractivity contribution in [1.82, 2.24) is 19.9 Å². The second-order valence-electron chi connectivity index (χ2n) is 14.0. The van der Waals surface area contributed by atoms with Gasteiger partial charge in [0.1, 0.15) is 16.9 Å². The predicted octanol–water partition coefficient (Wildman–Crippen LogP) is 5.37. The topological polar surface area (TPSA) is 180 Å². The van der Waals surface area contributed by atoms with Crippen molar-refractivity contribution < 1.29 is 27.9 Å². The summed E-state index contributed by atoms with van der Waals surface area (Å²) in [5.41, 5.74) is 3.41. The molecule has 0 unspecified atom stereocenters. The average molecular weight is 742 g/mol. The van der Waals surface area contributed by atoms with Crippen LogP contribution in [0.15, 0.2) is 88.7 Å². The molecule has 5 rings (SSSR count). The third-order valence-corrected chi connectivity index (χ3v) is 11.3. The van der Waals surface area contributed by atoms with Gasteiger partial charge in [-0.25, -0.2) is 13.1 Å². The van der Waals surface area contributed by atoms with Crippen LogP contribution < -0.4 is 25.7 Å². The summed E-state index contributed by atoms with van der Waals surface area (Å²) >= 11 is 0. The summed E-state index contributed by atoms with van der Waals surface area (Å²) in [6.45, 7) is 9.45. The van der Waals surface area contributed by atoms with E-state index in [0.717, 1.165) is 28.7 Å². The monoisotopic (exact) mass is 741 g/mol. The van der Waals surface area contributed by atoms with Gasteiger partial charge in [0.2, 0.25) is 5.96 Å². The number of carbonyl (C=O) groups is 2. The number of nitrogens with one attached hydrogen (secondary N) is 4. The van der Waals surface area contributed by atoms with Crippen molar-refractivity contribution in [2.45, 2.75) is 89.3 Å². The first-order valence-electron chi connectivity index (χ1n) is 17.6. The normalized spacial score (nSPS) is 14.1. The fourth-order valence-corrected chi connectivity index (χ4v) is 8.43. The highest BCUT2D eigenvalue weighted by molar-refractivity contribution is 7.90. The van der Waals surface area contributed by atoms with Crippen LogP contribution in [-0.2, 0) is 21.2 Å². The molecule has 3 aromatic carbocycles. The van der Waals surface area contributed by atoms with Crippen LogP contribution in [0.25, 0.3) is 0 Å². The van der Waals surface area contributed by atoms with Gasteiger partial charge in [-0.15, -0.1) is 0 Å². The van der Waals surface area contributed by atoms with Crippen LogP contribution in [0.1, 0.15) is 89.3 Å². The lowest BCUT2D eigenvalue weighted by Crippen LogP contribution is -2.42. The molecule has 0 radical (unpaired) electrons. The van der Waals surface area contributed by atoms with E-state index in [1.165, 1.54) is 10.6 Å². The molecule has 2 heterocycles. The van der Waals surface area contributed by atoms with Crippen molar-refractivity contribution >= 4 is 27.9 Å². The maximum absolute atomic E-state index is 13.8. The molecule has 0 aliphatic carbocycles. The highest BCUT2D eigenvalue weighted by Gasteiger charge is 2.34. The summed E-state index contributed by atoms with van der Waals surface area (Å²) in [6.07, 6.45) is 3.10. The molecule has 0 saturated heterocycles. The van der Waals surface area contributed by atoms with E-state index in [0.29, 0.717) is 23.3 Å². The van der Waals surface area contributed by atoms with E-state index >= 15 is 0 Å². The van der Waals surface area contributed by atoms with Crippen molar-refractivity contribution in [3.05, 3.63) is 128 Å². The third kappa shape index (κ3) is 8.97. The zero-order valence-corrected chi connectivity index (χ0v) is 31.5. The summed E-state index contributed by atoms with van der Waals surface area (Å²) in [5, 5.41) is 23.4. The summed E-state index contributed by atoms with van der Waals surface area (Å²) in [5.74, 6) is -1.56. The van der Waals surface area contributed by atoms with Gasteiger partial charge < -0.3 is 25.0 Å². The SMILES string of the molecule is Cc1c(C)c(S(=O)(=O)NC(=N)NCCC[C@@H](CC(=O)O)NC(=O)c2cccn(C(c3ccccc3)c3ccccc3)c2=O)c(C)c2c1OC(C)(C)CC2. The number of nitrogens with zero attached hydrogens (tertiary/aromatic N) is 1. The Morgan fingerprint density at radius 1 is 0.943 bits per heavy atom. The summed E-state index contributed by atoms with van der Waals surface area (Å²) in [4.78, 5) is 39.1. The maximum Gasteiger partial charge on any atom is 0.305 e. The van der Waals surface area contributed by atoms with Crippen LogP contribution in [0, 0.1) is 26.2 Å². The first-order valence-corrected chi connectivity index (χ1v) is 19.1. The van der Waals surface area contributed by atoms with Crippen molar-refractivity contribution in [3.63, 3.8) is 0 Å². The number of guanidine groups is 1. The summed E-state index contributed by atoms with van der Waals surface area (Å²) in [6, 6.07) is 20.6. The highest BCUT2D eigenvalue weighted by Crippen LogP contribution is 2.42. The Kier molecular flexibility index (Phi) is 11.8. The molecule has 280 valence electrons. The number of rotatable bonds is 13. The van der Waals surface area contributed by atoms with Crippen LogP contribution in [0.5, 0.6) is 5.75 Å². The van der Waals surface area contributed by atoms with Crippen molar-refractivity contribution in [2.75, 3.05) is 6.54 Å². The number of amides is 1. The van der Waals surface area contributed by atoms with Crippen molar-refractivity contribution in [3.8, 4) is 5.75 Å². The molecule has 1 aliphatic heterocycles. The minimum atomic E-state index is -4.13. The molecule has 0 spiro atoms. The summed E-state index contributed by atoms with van der Waals surface area (Å²) in [7, 11) is -4.13. The predicted molar refractivity (Wildman–Crippen MR) is 203 cm³/mol. The first kappa shape index (κ1) is 38.8. The Balaban J connectivity index is 1.24. The number of carboxylic acid groups (broad SMARTS) is 1. The summed E-state index contributed by atoms with van der Waals surface area (Å²) < 4.78 is 37.1. The molecule has 12 nitrogen and oxygen atoms in total. The van der Waals surface area contributed by atoms with Crippen LogP contribution in [0.4, 0.5) is 0 Å². The molecule has 13 heteroatoms. The molecule has 5 N–H and O–H groups in total. The zero-order chi connectivity index (χ0) is 38.5. The van der Waals surface area contributed by atoms with Gasteiger partial charge in [0, 0.05) is 18.8 Å². The van der Waals surface area contributed by atoms with E-state index in [4.69, 9.17) is 10.1 Å². The van der Waals surface area contributed by atoms with Crippen LogP contribution >= 0.6 is 0 Å². The minimum Gasteiger partial charge on any atom is -0.487 e. The number of aliphatic carboxylic acids is 1. The number of benzene rings is 3. The van der Waals surface area contributed by atoms with Crippen molar-refractivity contribution in [1.29, 1.82) is 5.41 Å². The lowest BCUT2D eigenvalue weighted by molar-refractivity contribution is -0.137. The van der Waals surface area contributed by atoms with Gasteiger partial charge in [0.05, 0.1) is 17.4 Å². The van der Waals surface area contributed by atoms with Gasteiger partial charge in [0.25, 0.3) is 21.5 Å². The molecule has 1 aromatic heterocycles. The first-order chi connectivity index (χ1) is 25.1. The molecule has 0 fully saturated rings. The van der Waals surface area contributed by atoms with E-state index < -0.39 is 51.9 Å². The fourth-order valence-electron chi connectivity index (χ4n) is 6.90. The maximum atomic E-state index is 13.8. The molecule has 4 aromatic rings. The smallest absolute Gasteiger partial charge is 0.305 e. The van der Waals surface area contributed by atoms with Crippen molar-refractivity contribution in [2.24, 2.45) is 0 Å². The largest absolute Gasteiger partial charge is 0.487 e. The van der Waals surface area contributed by atoms with Gasteiger partial charge in [-0.2, -0.15) is 0 Å². The molecule has 1 aliphatic rings. The third-order valence-electron chi connectivity index (χ3n) is 9.69. The number of hydrogen-bond acceptors (Lipinski definition) is 7. The Labute approximate surface area is 310 Å². The number of carboxylic acids is 1. The number of hydrogen-bond donors (Lipinski definition) is 5. The second-order valence-corrected chi connectivity index (χ2v) is 15.7.